The zero-order valence-electron chi connectivity index (χ0n) is 16.4. The predicted molar refractivity (Wildman–Crippen MR) is 117 cm³/mol. The lowest BCUT2D eigenvalue weighted by Crippen LogP contribution is -2.36. The van der Waals surface area contributed by atoms with E-state index in [4.69, 9.17) is 4.74 Å². The molecule has 4 rings (SSSR count). The van der Waals surface area contributed by atoms with Gasteiger partial charge in [-0.3, -0.25) is 9.52 Å². The summed E-state index contributed by atoms with van der Waals surface area (Å²) in [6.45, 7) is 0.678. The molecule has 0 atom stereocenters. The van der Waals surface area contributed by atoms with Gasteiger partial charge in [-0.15, -0.1) is 11.3 Å². The quantitative estimate of drug-likeness (QED) is 0.630. The summed E-state index contributed by atoms with van der Waals surface area (Å²) in [6, 6.07) is 14.0. The van der Waals surface area contributed by atoms with Gasteiger partial charge in [0.15, 0.2) is 5.13 Å². The number of carbonyl (C=O) groups is 1. The molecule has 2 aromatic carbocycles. The average Bonchev–Trinajstić information content (AvgIpc) is 3.19. The Morgan fingerprint density at radius 1 is 1.20 bits per heavy atom. The van der Waals surface area contributed by atoms with Crippen molar-refractivity contribution in [2.45, 2.75) is 24.2 Å². The van der Waals surface area contributed by atoms with E-state index >= 15 is 0 Å². The van der Waals surface area contributed by atoms with Crippen LogP contribution in [0.3, 0.4) is 0 Å². The largest absolute Gasteiger partial charge is 0.497 e. The van der Waals surface area contributed by atoms with Crippen LogP contribution in [0.5, 0.6) is 5.75 Å². The third kappa shape index (κ3) is 4.31. The van der Waals surface area contributed by atoms with Crippen molar-refractivity contribution in [2.24, 2.45) is 0 Å². The lowest BCUT2D eigenvalue weighted by atomic mass is 10.0. The van der Waals surface area contributed by atoms with E-state index in [-0.39, 0.29) is 22.4 Å². The Morgan fingerprint density at radius 3 is 2.73 bits per heavy atom. The van der Waals surface area contributed by atoms with Gasteiger partial charge in [0.2, 0.25) is 5.91 Å². The van der Waals surface area contributed by atoms with Crippen molar-refractivity contribution in [3.63, 3.8) is 0 Å². The number of sulfonamides is 1. The van der Waals surface area contributed by atoms with Crippen LogP contribution < -0.4 is 14.4 Å². The van der Waals surface area contributed by atoms with E-state index < -0.39 is 10.0 Å². The molecule has 0 saturated heterocycles. The first-order valence-corrected chi connectivity index (χ1v) is 11.8. The van der Waals surface area contributed by atoms with Crippen LogP contribution in [-0.4, -0.2) is 33.0 Å². The number of amides is 1. The summed E-state index contributed by atoms with van der Waals surface area (Å²) >= 11 is 1.16. The standard InChI is InChI=1S/C21H21N3O4S2/c1-28-17-8-10-18(11-9-17)30(26,27)23-21-22-16(14-29-21)13-20(25)24-12-4-6-15-5-2-3-7-19(15)24/h2-3,5,7-11,14H,4,6,12-13H2,1H3,(H,22,23). The molecule has 0 aliphatic carbocycles. The number of nitrogens with one attached hydrogen (secondary N) is 1. The lowest BCUT2D eigenvalue weighted by molar-refractivity contribution is -0.118. The molecule has 156 valence electrons. The van der Waals surface area contributed by atoms with Crippen LogP contribution in [0.25, 0.3) is 0 Å². The van der Waals surface area contributed by atoms with E-state index in [0.29, 0.717) is 18.0 Å². The minimum absolute atomic E-state index is 0.0444. The number of carbonyl (C=O) groups excluding carboxylic acids is 1. The van der Waals surface area contributed by atoms with Crippen LogP contribution in [-0.2, 0) is 27.7 Å². The zero-order valence-corrected chi connectivity index (χ0v) is 18.0. The molecule has 0 spiro atoms. The fraction of sp³-hybridized carbons (Fsp3) is 0.238. The number of rotatable bonds is 6. The van der Waals surface area contributed by atoms with Crippen LogP contribution in [0.4, 0.5) is 10.8 Å². The maximum Gasteiger partial charge on any atom is 0.263 e. The van der Waals surface area contributed by atoms with E-state index in [0.717, 1.165) is 29.9 Å². The van der Waals surface area contributed by atoms with Gasteiger partial charge in [-0.2, -0.15) is 0 Å². The first kappa shape index (κ1) is 20.4. The highest BCUT2D eigenvalue weighted by Crippen LogP contribution is 2.28. The van der Waals surface area contributed by atoms with Crippen molar-refractivity contribution in [1.82, 2.24) is 4.98 Å². The Kier molecular flexibility index (Phi) is 5.74. The maximum atomic E-state index is 12.8. The topological polar surface area (TPSA) is 88.6 Å². The first-order valence-electron chi connectivity index (χ1n) is 9.46. The average molecular weight is 444 g/mol. The molecule has 1 amide bonds. The minimum Gasteiger partial charge on any atom is -0.497 e. The van der Waals surface area contributed by atoms with Crippen molar-refractivity contribution in [2.75, 3.05) is 23.3 Å². The highest BCUT2D eigenvalue weighted by molar-refractivity contribution is 7.93. The molecule has 2 heterocycles. The summed E-state index contributed by atoms with van der Waals surface area (Å²) < 4.78 is 32.6. The van der Waals surface area contributed by atoms with Gasteiger partial charge in [0.25, 0.3) is 10.0 Å². The minimum atomic E-state index is -3.77. The van der Waals surface area contributed by atoms with E-state index in [2.05, 4.69) is 9.71 Å². The molecule has 1 aliphatic heterocycles. The molecule has 1 N–H and O–H groups in total. The van der Waals surface area contributed by atoms with Gasteiger partial charge in [0.1, 0.15) is 5.75 Å². The summed E-state index contributed by atoms with van der Waals surface area (Å²) in [5, 5.41) is 1.94. The number of nitrogens with zero attached hydrogens (tertiary/aromatic N) is 2. The monoisotopic (exact) mass is 443 g/mol. The van der Waals surface area contributed by atoms with Crippen molar-refractivity contribution in [1.29, 1.82) is 0 Å². The van der Waals surface area contributed by atoms with E-state index in [9.17, 15) is 13.2 Å². The second-order valence-corrected chi connectivity index (χ2v) is 9.42. The third-order valence-electron chi connectivity index (χ3n) is 4.89. The molecule has 30 heavy (non-hydrogen) atoms. The summed E-state index contributed by atoms with van der Waals surface area (Å²) in [4.78, 5) is 19.1. The second kappa shape index (κ2) is 8.45. The SMILES string of the molecule is COc1ccc(S(=O)(=O)Nc2nc(CC(=O)N3CCCc4ccccc43)cs2)cc1. The summed E-state index contributed by atoms with van der Waals surface area (Å²) in [5.74, 6) is 0.528. The molecule has 1 aromatic heterocycles. The van der Waals surface area contributed by atoms with Gasteiger partial charge in [0.05, 0.1) is 24.1 Å². The number of anilines is 2. The van der Waals surface area contributed by atoms with Gasteiger partial charge < -0.3 is 9.64 Å². The predicted octanol–water partition coefficient (Wildman–Crippen LogP) is 3.47. The Morgan fingerprint density at radius 2 is 1.97 bits per heavy atom. The molecule has 0 fully saturated rings. The van der Waals surface area contributed by atoms with Gasteiger partial charge in [-0.25, -0.2) is 13.4 Å². The third-order valence-corrected chi connectivity index (χ3v) is 7.18. The van der Waals surface area contributed by atoms with Gasteiger partial charge >= 0.3 is 0 Å². The summed E-state index contributed by atoms with van der Waals surface area (Å²) in [5.41, 5.74) is 2.66. The smallest absolute Gasteiger partial charge is 0.263 e. The normalized spacial score (nSPS) is 13.6. The maximum absolute atomic E-state index is 12.8. The molecule has 0 saturated carbocycles. The lowest BCUT2D eigenvalue weighted by Gasteiger charge is -2.29. The number of aryl methyl sites for hydroxylation is 1. The molecule has 7 nitrogen and oxygen atoms in total. The van der Waals surface area contributed by atoms with E-state index in [1.807, 2.05) is 24.3 Å². The number of methoxy groups -OCH3 is 1. The van der Waals surface area contributed by atoms with Gasteiger partial charge in [-0.1, -0.05) is 18.2 Å². The molecule has 9 heteroatoms. The molecule has 1 aliphatic rings. The molecule has 3 aromatic rings. The second-order valence-electron chi connectivity index (χ2n) is 6.88. The number of ether oxygens (including phenoxy) is 1. The number of fused-ring (bicyclic) bond motifs is 1. The molecule has 0 unspecified atom stereocenters. The highest BCUT2D eigenvalue weighted by Gasteiger charge is 2.23. The molecule has 0 radical (unpaired) electrons. The Hall–Kier alpha value is -2.91. The highest BCUT2D eigenvalue weighted by atomic mass is 32.2. The number of benzene rings is 2. The fourth-order valence-corrected chi connectivity index (χ4v) is 5.37. The zero-order chi connectivity index (χ0) is 21.1. The van der Waals surface area contributed by atoms with E-state index in [1.54, 1.807) is 22.4 Å². The summed E-state index contributed by atoms with van der Waals surface area (Å²) in [7, 11) is -2.25. The fourth-order valence-electron chi connectivity index (χ4n) is 3.41. The van der Waals surface area contributed by atoms with Crippen LogP contribution >= 0.6 is 11.3 Å². The first-order chi connectivity index (χ1) is 14.5. The number of para-hydroxylation sites is 1. The van der Waals surface area contributed by atoms with Gasteiger partial charge in [0, 0.05) is 17.6 Å². The summed E-state index contributed by atoms with van der Waals surface area (Å²) in [6.07, 6.45) is 2.01. The number of hydrogen-bond acceptors (Lipinski definition) is 6. The van der Waals surface area contributed by atoms with Crippen LogP contribution in [0.15, 0.2) is 58.8 Å². The van der Waals surface area contributed by atoms with Crippen molar-refractivity contribution in [3.8, 4) is 5.75 Å². The van der Waals surface area contributed by atoms with Crippen LogP contribution in [0.1, 0.15) is 17.7 Å². The van der Waals surface area contributed by atoms with Crippen molar-refractivity contribution in [3.05, 3.63) is 65.2 Å². The number of hydrogen-bond donors (Lipinski definition) is 1. The van der Waals surface area contributed by atoms with Crippen molar-refractivity contribution >= 4 is 38.1 Å². The van der Waals surface area contributed by atoms with Crippen LogP contribution in [0.2, 0.25) is 0 Å². The Balaban J connectivity index is 1.45. The molecule has 0 bridgehead atoms. The van der Waals surface area contributed by atoms with Gasteiger partial charge in [-0.05, 0) is 48.7 Å². The van der Waals surface area contributed by atoms with Crippen molar-refractivity contribution < 1.29 is 17.9 Å². The Bertz CT molecular complexity index is 1160. The Labute approximate surface area is 179 Å². The molecular weight excluding hydrogens is 422 g/mol. The van der Waals surface area contributed by atoms with Crippen LogP contribution in [0, 0.1) is 0 Å². The number of aromatic nitrogens is 1. The number of thiazole rings is 1. The van der Waals surface area contributed by atoms with E-state index in [1.165, 1.54) is 24.8 Å². The molecular formula is C21H21N3O4S2.